The zero-order valence-electron chi connectivity index (χ0n) is 20.5. The molecule has 1 aliphatic rings. The van der Waals surface area contributed by atoms with Gasteiger partial charge < -0.3 is 15.1 Å². The maximum absolute atomic E-state index is 13.8. The highest BCUT2D eigenvalue weighted by Crippen LogP contribution is 2.36. The molecule has 1 amide bonds. The van der Waals surface area contributed by atoms with Gasteiger partial charge in [0.05, 0.1) is 11.6 Å². The number of nitrogens with two attached hydrogens (primary N) is 1. The summed E-state index contributed by atoms with van der Waals surface area (Å²) in [5.74, 6) is -0.114. The Labute approximate surface area is 217 Å². The fourth-order valence-corrected chi connectivity index (χ4v) is 5.59. The second-order valence-corrected chi connectivity index (χ2v) is 10.5. The van der Waals surface area contributed by atoms with Crippen LogP contribution >= 0.6 is 11.3 Å². The second-order valence-electron chi connectivity index (χ2n) is 9.62. The Morgan fingerprint density at radius 2 is 2.03 bits per heavy atom. The minimum Gasteiger partial charge on any atom is -0.419 e. The third kappa shape index (κ3) is 5.30. The molecular weight excluding hydrogens is 496 g/mol. The molecule has 2 N–H and O–H groups in total. The smallest absolute Gasteiger partial charge is 0.263 e. The summed E-state index contributed by atoms with van der Waals surface area (Å²) in [7, 11) is 0. The molecule has 10 heteroatoms. The van der Waals surface area contributed by atoms with Gasteiger partial charge in [-0.05, 0) is 56.9 Å². The summed E-state index contributed by atoms with van der Waals surface area (Å²) in [5.41, 5.74) is 7.51. The summed E-state index contributed by atoms with van der Waals surface area (Å²) in [4.78, 5) is 19.8. The van der Waals surface area contributed by atoms with Gasteiger partial charge in [-0.3, -0.25) is 4.79 Å². The third-order valence-corrected chi connectivity index (χ3v) is 7.53. The van der Waals surface area contributed by atoms with Gasteiger partial charge in [0.25, 0.3) is 12.3 Å². The maximum atomic E-state index is 13.8. The molecule has 2 aromatic heterocycles. The number of carbonyl (C=O) groups is 1. The molecule has 0 radical (unpaired) electrons. The number of hydrogen-bond donors (Lipinski definition) is 1. The van der Waals surface area contributed by atoms with Crippen molar-refractivity contribution in [3.63, 3.8) is 0 Å². The number of carbonyl (C=O) groups excluding carboxylic acids is 1. The highest BCUT2D eigenvalue weighted by molar-refractivity contribution is 7.09. The van der Waals surface area contributed by atoms with Gasteiger partial charge in [0, 0.05) is 34.3 Å². The van der Waals surface area contributed by atoms with Crippen molar-refractivity contribution in [2.45, 2.75) is 51.1 Å². The first kappa shape index (κ1) is 25.2. The van der Waals surface area contributed by atoms with Crippen molar-refractivity contribution in [3.8, 4) is 11.5 Å². The predicted molar refractivity (Wildman–Crippen MR) is 136 cm³/mol. The molecule has 1 saturated heterocycles. The second kappa shape index (κ2) is 10.1. The van der Waals surface area contributed by atoms with Crippen LogP contribution in [-0.2, 0) is 12.0 Å². The number of alkyl halides is 2. The van der Waals surface area contributed by atoms with Crippen LogP contribution in [0.1, 0.15) is 70.3 Å². The Hall–Kier alpha value is -3.50. The number of hydrogen-bond acceptors (Lipinski definition) is 7. The number of benzene rings is 2. The lowest BCUT2D eigenvalue weighted by molar-refractivity contribution is 0.0735. The minimum atomic E-state index is -2.78. The highest BCUT2D eigenvalue weighted by atomic mass is 32.1. The summed E-state index contributed by atoms with van der Waals surface area (Å²) in [6, 6.07) is 13.5. The van der Waals surface area contributed by atoms with Crippen molar-refractivity contribution in [1.82, 2.24) is 20.1 Å². The molecule has 1 fully saturated rings. The van der Waals surface area contributed by atoms with Crippen molar-refractivity contribution >= 4 is 17.2 Å². The molecule has 2 unspecified atom stereocenters. The van der Waals surface area contributed by atoms with E-state index < -0.39 is 12.0 Å². The lowest BCUT2D eigenvalue weighted by Crippen LogP contribution is -2.35. The number of thiazole rings is 1. The first-order valence-electron chi connectivity index (χ1n) is 12.0. The zero-order chi connectivity index (χ0) is 26.2. The fourth-order valence-electron chi connectivity index (χ4n) is 4.65. The van der Waals surface area contributed by atoms with Crippen molar-refractivity contribution in [3.05, 3.63) is 87.2 Å². The summed E-state index contributed by atoms with van der Waals surface area (Å²) >= 11 is 1.51. The molecular formula is C27H27F2N5O2S. The topological polar surface area (TPSA) is 98.1 Å². The quantitative estimate of drug-likeness (QED) is 0.327. The standard InChI is InChI=1S/C27H27F2N5O2S/c1-16-15-37-24(31-16)21-9-6-10-34(21)25(35)20-12-18(22(28)29)11-19(13-20)23-32-33-26(36-23)27(2,30)14-17-7-4-3-5-8-17/h3-5,7-8,11-13,15,21-22H,6,9-10,14,30H2,1-2H3. The van der Waals surface area contributed by atoms with Crippen LogP contribution in [0.25, 0.3) is 11.5 Å². The molecule has 7 nitrogen and oxygen atoms in total. The third-order valence-electron chi connectivity index (χ3n) is 6.46. The number of aryl methyl sites for hydroxylation is 1. The molecule has 0 aliphatic carbocycles. The molecule has 2 atom stereocenters. The molecule has 1 aliphatic heterocycles. The van der Waals surface area contributed by atoms with E-state index in [1.807, 2.05) is 42.6 Å². The number of aromatic nitrogens is 3. The van der Waals surface area contributed by atoms with Crippen LogP contribution in [-0.4, -0.2) is 32.5 Å². The Morgan fingerprint density at radius 3 is 2.73 bits per heavy atom. The summed E-state index contributed by atoms with van der Waals surface area (Å²) in [6.07, 6.45) is -0.727. The van der Waals surface area contributed by atoms with E-state index in [0.717, 1.165) is 29.1 Å². The number of nitrogens with zero attached hydrogens (tertiary/aromatic N) is 4. The fraction of sp³-hybridized carbons (Fsp3) is 0.333. The first-order chi connectivity index (χ1) is 17.7. The molecule has 2 aromatic carbocycles. The summed E-state index contributed by atoms with van der Waals surface area (Å²) in [6.45, 7) is 4.21. The number of likely N-dealkylation sites (tertiary alicyclic amines) is 1. The largest absolute Gasteiger partial charge is 0.419 e. The van der Waals surface area contributed by atoms with Gasteiger partial charge in [-0.25, -0.2) is 13.8 Å². The molecule has 0 bridgehead atoms. The van der Waals surface area contributed by atoms with Crippen LogP contribution in [0, 0.1) is 6.92 Å². The molecule has 192 valence electrons. The molecule has 0 spiro atoms. The summed E-state index contributed by atoms with van der Waals surface area (Å²) in [5, 5.41) is 11.0. The van der Waals surface area contributed by atoms with Crippen LogP contribution in [0.4, 0.5) is 8.78 Å². The Morgan fingerprint density at radius 1 is 1.24 bits per heavy atom. The van der Waals surface area contributed by atoms with E-state index in [1.54, 1.807) is 11.8 Å². The van der Waals surface area contributed by atoms with Crippen molar-refractivity contribution in [2.24, 2.45) is 5.73 Å². The Balaban J connectivity index is 1.45. The van der Waals surface area contributed by atoms with Crippen LogP contribution in [0.15, 0.2) is 58.3 Å². The lowest BCUT2D eigenvalue weighted by Gasteiger charge is -2.23. The van der Waals surface area contributed by atoms with Crippen LogP contribution < -0.4 is 5.73 Å². The minimum absolute atomic E-state index is 0.0322. The monoisotopic (exact) mass is 523 g/mol. The zero-order valence-corrected chi connectivity index (χ0v) is 21.3. The van der Waals surface area contributed by atoms with Gasteiger partial charge in [0.15, 0.2) is 0 Å². The molecule has 0 saturated carbocycles. The van der Waals surface area contributed by atoms with Crippen molar-refractivity contribution in [2.75, 3.05) is 6.54 Å². The van der Waals surface area contributed by atoms with E-state index in [9.17, 15) is 13.6 Å². The van der Waals surface area contributed by atoms with Crippen molar-refractivity contribution in [1.29, 1.82) is 0 Å². The lowest BCUT2D eigenvalue weighted by atomic mass is 9.94. The molecule has 37 heavy (non-hydrogen) atoms. The van der Waals surface area contributed by atoms with E-state index in [-0.39, 0.29) is 40.4 Å². The average molecular weight is 524 g/mol. The SMILES string of the molecule is Cc1csc(C2CCCN2C(=O)c2cc(-c3nnc(C(C)(N)Cc4ccccc4)o3)cc(C(F)F)c2)n1. The molecule has 5 rings (SSSR count). The van der Waals surface area contributed by atoms with E-state index in [4.69, 9.17) is 10.2 Å². The average Bonchev–Trinajstić information content (AvgIpc) is 3.64. The van der Waals surface area contributed by atoms with E-state index in [0.29, 0.717) is 13.0 Å². The summed E-state index contributed by atoms with van der Waals surface area (Å²) < 4.78 is 33.6. The van der Waals surface area contributed by atoms with E-state index >= 15 is 0 Å². The highest BCUT2D eigenvalue weighted by Gasteiger charge is 2.34. The van der Waals surface area contributed by atoms with Crippen LogP contribution in [0.3, 0.4) is 0 Å². The Kier molecular flexibility index (Phi) is 6.87. The van der Waals surface area contributed by atoms with Gasteiger partial charge >= 0.3 is 0 Å². The number of halogens is 2. The van der Waals surface area contributed by atoms with Gasteiger partial charge in [-0.1, -0.05) is 30.3 Å². The van der Waals surface area contributed by atoms with Gasteiger partial charge in [-0.2, -0.15) is 0 Å². The Bertz CT molecular complexity index is 1400. The van der Waals surface area contributed by atoms with Gasteiger partial charge in [0.2, 0.25) is 11.8 Å². The maximum Gasteiger partial charge on any atom is 0.263 e. The van der Waals surface area contributed by atoms with E-state index in [2.05, 4.69) is 15.2 Å². The molecule has 4 aromatic rings. The van der Waals surface area contributed by atoms with Gasteiger partial charge in [-0.15, -0.1) is 21.5 Å². The normalized spacial score (nSPS) is 17.4. The van der Waals surface area contributed by atoms with Crippen LogP contribution in [0.5, 0.6) is 0 Å². The first-order valence-corrected chi connectivity index (χ1v) is 12.9. The van der Waals surface area contributed by atoms with Crippen molar-refractivity contribution < 1.29 is 18.0 Å². The number of rotatable bonds is 7. The molecule has 3 heterocycles. The van der Waals surface area contributed by atoms with E-state index in [1.165, 1.54) is 29.5 Å². The van der Waals surface area contributed by atoms with Crippen LogP contribution in [0.2, 0.25) is 0 Å². The predicted octanol–water partition coefficient (Wildman–Crippen LogP) is 5.83. The number of amides is 1. The van der Waals surface area contributed by atoms with Gasteiger partial charge in [0.1, 0.15) is 5.01 Å².